The van der Waals surface area contributed by atoms with Gasteiger partial charge in [-0.05, 0) is 66.7 Å². The Labute approximate surface area is 151 Å². The van der Waals surface area contributed by atoms with Crippen LogP contribution in [0.1, 0.15) is 54.2 Å². The summed E-state index contributed by atoms with van der Waals surface area (Å²) in [6.45, 7) is 12.9. The van der Waals surface area contributed by atoms with Gasteiger partial charge in [-0.3, -0.25) is 4.57 Å². The van der Waals surface area contributed by atoms with Crippen molar-refractivity contribution < 1.29 is 14.1 Å². The Hall–Kier alpha value is -1.86. The Morgan fingerprint density at radius 2 is 1.84 bits per heavy atom. The third-order valence-corrected chi connectivity index (χ3v) is 4.74. The first-order valence-electron chi connectivity index (χ1n) is 8.07. The van der Waals surface area contributed by atoms with Gasteiger partial charge in [0.2, 0.25) is 0 Å². The summed E-state index contributed by atoms with van der Waals surface area (Å²) in [4.78, 5) is 16.8. The van der Waals surface area contributed by atoms with Crippen molar-refractivity contribution in [2.75, 3.05) is 0 Å². The topological polar surface area (TPSA) is 79.5 Å². The number of fused-ring (bicyclic) bond motifs is 1. The molecule has 136 valence electrons. The van der Waals surface area contributed by atoms with Crippen molar-refractivity contribution in [3.05, 3.63) is 30.1 Å². The maximum absolute atomic E-state index is 12.3. The number of ether oxygens (including phenoxy) is 1. The van der Waals surface area contributed by atoms with Gasteiger partial charge in [-0.1, -0.05) is 4.40 Å². The lowest BCUT2D eigenvalue weighted by Crippen LogP contribution is -2.27. The summed E-state index contributed by atoms with van der Waals surface area (Å²) in [5.74, 6) is 0. The van der Waals surface area contributed by atoms with Gasteiger partial charge >= 0.3 is 6.09 Å². The lowest BCUT2D eigenvalue weighted by Gasteiger charge is -2.19. The molecule has 0 spiro atoms. The zero-order valence-electron chi connectivity index (χ0n) is 15.8. The summed E-state index contributed by atoms with van der Waals surface area (Å²) in [6, 6.07) is 5.30. The molecule has 7 heteroatoms. The highest BCUT2D eigenvalue weighted by atomic mass is 32.2. The van der Waals surface area contributed by atoms with E-state index in [9.17, 15) is 9.35 Å². The quantitative estimate of drug-likeness (QED) is 0.594. The number of rotatable bonds is 2. The van der Waals surface area contributed by atoms with Gasteiger partial charge in [0.1, 0.15) is 27.4 Å². The van der Waals surface area contributed by atoms with Crippen LogP contribution in [-0.2, 0) is 16.1 Å². The zero-order chi connectivity index (χ0) is 19.0. The fourth-order valence-corrected chi connectivity index (χ4v) is 2.62. The van der Waals surface area contributed by atoms with Crippen molar-refractivity contribution in [2.45, 2.75) is 58.8 Å². The number of carbonyl (C=O) groups is 1. The third-order valence-electron chi connectivity index (χ3n) is 3.25. The van der Waals surface area contributed by atoms with Gasteiger partial charge in [0.15, 0.2) is 0 Å². The molecule has 0 aliphatic carbocycles. The predicted molar refractivity (Wildman–Crippen MR) is 101 cm³/mol. The molecule has 2 rings (SSSR count). The predicted octanol–water partition coefficient (Wildman–Crippen LogP) is 4.09. The van der Waals surface area contributed by atoms with Crippen LogP contribution >= 0.6 is 0 Å². The van der Waals surface area contributed by atoms with Gasteiger partial charge < -0.3 is 9.29 Å². The summed E-state index contributed by atoms with van der Waals surface area (Å²) < 4.78 is 22.8. The van der Waals surface area contributed by atoms with Gasteiger partial charge in [-0.25, -0.2) is 9.78 Å². The Balaban J connectivity index is 2.33. The van der Waals surface area contributed by atoms with Crippen LogP contribution in [0.5, 0.6) is 0 Å². The zero-order valence-corrected chi connectivity index (χ0v) is 16.6. The number of carbonyl (C=O) groups excluding carboxylic acids is 1. The van der Waals surface area contributed by atoms with Crippen molar-refractivity contribution >= 4 is 34.2 Å². The maximum atomic E-state index is 12.3. The highest BCUT2D eigenvalue weighted by molar-refractivity contribution is 7.91. The Morgan fingerprint density at radius 3 is 2.40 bits per heavy atom. The minimum absolute atomic E-state index is 0.425. The second-order valence-corrected chi connectivity index (χ2v) is 9.71. The lowest BCUT2D eigenvalue weighted by atomic mass is 10.2. The summed E-state index contributed by atoms with van der Waals surface area (Å²) in [5, 5.41) is 0. The Bertz CT molecular complexity index is 813. The van der Waals surface area contributed by atoms with Crippen LogP contribution in [0.25, 0.3) is 11.0 Å². The van der Waals surface area contributed by atoms with E-state index in [1.807, 2.05) is 41.5 Å². The largest absolute Gasteiger partial charge is 0.591 e. The molecular formula is C18H25N3O3S. The smallest absolute Gasteiger partial charge is 0.419 e. The molecule has 0 fully saturated rings. The second-order valence-electron chi connectivity index (χ2n) is 7.81. The van der Waals surface area contributed by atoms with E-state index >= 15 is 0 Å². The van der Waals surface area contributed by atoms with Crippen LogP contribution in [0.2, 0.25) is 0 Å². The number of hydrogen-bond donors (Lipinski definition) is 0. The maximum Gasteiger partial charge on any atom is 0.419 e. The minimum atomic E-state index is -1.35. The molecule has 1 atom stereocenters. The average Bonchev–Trinajstić information content (AvgIpc) is 2.87. The molecule has 0 aromatic carbocycles. The lowest BCUT2D eigenvalue weighted by molar-refractivity contribution is 0.0544. The fourth-order valence-electron chi connectivity index (χ4n) is 2.00. The van der Waals surface area contributed by atoms with Crippen molar-refractivity contribution in [2.24, 2.45) is 4.40 Å². The summed E-state index contributed by atoms with van der Waals surface area (Å²) in [5.41, 5.74) is 1.97. The molecule has 0 saturated carbocycles. The van der Waals surface area contributed by atoms with Crippen molar-refractivity contribution in [1.82, 2.24) is 9.55 Å². The fraction of sp³-hybridized carbons (Fsp3) is 0.500. The Kier molecular flexibility index (Phi) is 5.30. The van der Waals surface area contributed by atoms with Gasteiger partial charge in [-0.15, -0.1) is 0 Å². The summed E-state index contributed by atoms with van der Waals surface area (Å²) in [7, 11) is 0. The number of hydrogen-bond acceptors (Lipinski definition) is 5. The molecule has 25 heavy (non-hydrogen) atoms. The molecule has 2 aromatic heterocycles. The van der Waals surface area contributed by atoms with Crippen molar-refractivity contribution in [1.29, 1.82) is 0 Å². The van der Waals surface area contributed by atoms with Gasteiger partial charge in [0.05, 0.1) is 16.7 Å². The van der Waals surface area contributed by atoms with E-state index in [0.717, 1.165) is 0 Å². The second kappa shape index (κ2) is 6.80. The van der Waals surface area contributed by atoms with E-state index in [2.05, 4.69) is 9.38 Å². The number of aromatic nitrogens is 2. The minimum Gasteiger partial charge on any atom is -0.591 e. The van der Waals surface area contributed by atoms with E-state index < -0.39 is 27.8 Å². The normalized spacial score (nSPS) is 14.6. The highest BCUT2D eigenvalue weighted by Gasteiger charge is 2.27. The monoisotopic (exact) mass is 363 g/mol. The molecule has 0 amide bonds. The molecule has 0 aliphatic heterocycles. The van der Waals surface area contributed by atoms with E-state index in [-0.39, 0.29) is 0 Å². The molecule has 0 radical (unpaired) electrons. The van der Waals surface area contributed by atoms with E-state index in [1.54, 1.807) is 31.3 Å². The molecular weight excluding hydrogens is 338 g/mol. The van der Waals surface area contributed by atoms with Gasteiger partial charge in [0.25, 0.3) is 0 Å². The van der Waals surface area contributed by atoms with E-state index in [4.69, 9.17) is 4.74 Å². The van der Waals surface area contributed by atoms with E-state index in [1.165, 1.54) is 4.57 Å². The summed E-state index contributed by atoms with van der Waals surface area (Å²) >= 11 is -1.35. The summed E-state index contributed by atoms with van der Waals surface area (Å²) in [6.07, 6.45) is 1.19. The van der Waals surface area contributed by atoms with Crippen molar-refractivity contribution in [3.8, 4) is 0 Å². The molecule has 0 aliphatic rings. The van der Waals surface area contributed by atoms with Crippen LogP contribution < -0.4 is 0 Å². The first-order valence-corrected chi connectivity index (χ1v) is 9.18. The standard InChI is InChI=1S/C18H25N3O3S/c1-12(20-25(23)18(5,6)7)13-8-9-15-14(19-13)10-11-21(15)16(22)24-17(2,3)4/h8-11H,1-7H3. The van der Waals surface area contributed by atoms with Crippen LogP contribution in [-0.4, -0.2) is 36.3 Å². The molecule has 6 nitrogen and oxygen atoms in total. The van der Waals surface area contributed by atoms with Crippen LogP contribution in [0.3, 0.4) is 0 Å². The SMILES string of the molecule is CC(=N[S+]([O-])C(C)(C)C)c1ccc2c(ccn2C(=O)OC(C)(C)C)n1. The first kappa shape index (κ1) is 19.5. The average molecular weight is 363 g/mol. The Morgan fingerprint density at radius 1 is 1.20 bits per heavy atom. The van der Waals surface area contributed by atoms with Gasteiger partial charge in [-0.2, -0.15) is 0 Å². The van der Waals surface area contributed by atoms with Crippen LogP contribution in [0.15, 0.2) is 28.8 Å². The van der Waals surface area contributed by atoms with E-state index in [0.29, 0.717) is 22.4 Å². The molecule has 0 saturated heterocycles. The first-order chi connectivity index (χ1) is 11.4. The number of nitrogens with zero attached hydrogens (tertiary/aromatic N) is 3. The molecule has 0 bridgehead atoms. The highest BCUT2D eigenvalue weighted by Crippen LogP contribution is 2.20. The van der Waals surface area contributed by atoms with Crippen molar-refractivity contribution in [3.63, 3.8) is 0 Å². The molecule has 1 unspecified atom stereocenters. The van der Waals surface area contributed by atoms with Crippen LogP contribution in [0, 0.1) is 0 Å². The molecule has 2 heterocycles. The third kappa shape index (κ3) is 4.83. The van der Waals surface area contributed by atoms with Crippen LogP contribution in [0.4, 0.5) is 4.79 Å². The molecule has 2 aromatic rings. The van der Waals surface area contributed by atoms with Gasteiger partial charge in [0, 0.05) is 6.20 Å². The molecule has 0 N–H and O–H groups in total. The number of pyridine rings is 1.